The van der Waals surface area contributed by atoms with Crippen molar-refractivity contribution in [3.63, 3.8) is 0 Å². The SMILES string of the molecule is COCCC(C)C(N)C1CCC(F)(F)CC1. The Kier molecular flexibility index (Phi) is 5.12. The second kappa shape index (κ2) is 5.92. The highest BCUT2D eigenvalue weighted by Gasteiger charge is 2.37. The molecule has 1 saturated carbocycles. The van der Waals surface area contributed by atoms with Crippen molar-refractivity contribution < 1.29 is 13.5 Å². The summed E-state index contributed by atoms with van der Waals surface area (Å²) in [5.74, 6) is -1.85. The maximum atomic E-state index is 13.0. The fourth-order valence-electron chi connectivity index (χ4n) is 2.41. The number of alkyl halides is 2. The normalized spacial score (nSPS) is 25.3. The molecule has 2 atom stereocenters. The van der Waals surface area contributed by atoms with Gasteiger partial charge in [-0.1, -0.05) is 6.92 Å². The van der Waals surface area contributed by atoms with E-state index >= 15 is 0 Å². The monoisotopic (exact) mass is 235 g/mol. The van der Waals surface area contributed by atoms with Gasteiger partial charge < -0.3 is 10.5 Å². The van der Waals surface area contributed by atoms with Gasteiger partial charge in [0.05, 0.1) is 0 Å². The van der Waals surface area contributed by atoms with Crippen LogP contribution in [0, 0.1) is 11.8 Å². The number of rotatable bonds is 5. The molecule has 0 aromatic carbocycles. The van der Waals surface area contributed by atoms with Gasteiger partial charge in [0.15, 0.2) is 0 Å². The lowest BCUT2D eigenvalue weighted by Gasteiger charge is -2.34. The van der Waals surface area contributed by atoms with Gasteiger partial charge in [0.1, 0.15) is 0 Å². The Balaban J connectivity index is 2.34. The maximum absolute atomic E-state index is 13.0. The fourth-order valence-corrected chi connectivity index (χ4v) is 2.41. The maximum Gasteiger partial charge on any atom is 0.248 e. The molecule has 0 saturated heterocycles. The van der Waals surface area contributed by atoms with Crippen LogP contribution < -0.4 is 5.73 Å². The molecule has 1 aliphatic rings. The van der Waals surface area contributed by atoms with E-state index in [1.54, 1.807) is 7.11 Å². The third kappa shape index (κ3) is 3.98. The molecule has 0 spiro atoms. The van der Waals surface area contributed by atoms with E-state index < -0.39 is 5.92 Å². The lowest BCUT2D eigenvalue weighted by atomic mass is 9.77. The minimum absolute atomic E-state index is 0.00235. The summed E-state index contributed by atoms with van der Waals surface area (Å²) < 4.78 is 31.0. The number of hydrogen-bond acceptors (Lipinski definition) is 2. The van der Waals surface area contributed by atoms with Crippen molar-refractivity contribution in [1.29, 1.82) is 0 Å². The van der Waals surface area contributed by atoms with E-state index in [-0.39, 0.29) is 24.8 Å². The van der Waals surface area contributed by atoms with Crippen LogP contribution in [-0.2, 0) is 4.74 Å². The number of ether oxygens (including phenoxy) is 1. The van der Waals surface area contributed by atoms with E-state index in [0.717, 1.165) is 6.42 Å². The molecule has 1 aliphatic carbocycles. The van der Waals surface area contributed by atoms with Crippen LogP contribution in [0.1, 0.15) is 39.0 Å². The second-order valence-electron chi connectivity index (χ2n) is 5.03. The van der Waals surface area contributed by atoms with E-state index in [2.05, 4.69) is 6.92 Å². The molecule has 0 aromatic rings. The van der Waals surface area contributed by atoms with Gasteiger partial charge in [-0.25, -0.2) is 8.78 Å². The van der Waals surface area contributed by atoms with Crippen molar-refractivity contribution in [3.05, 3.63) is 0 Å². The topological polar surface area (TPSA) is 35.2 Å². The lowest BCUT2D eigenvalue weighted by Crippen LogP contribution is -2.40. The first-order valence-corrected chi connectivity index (χ1v) is 6.08. The van der Waals surface area contributed by atoms with Crippen LogP contribution in [-0.4, -0.2) is 25.7 Å². The van der Waals surface area contributed by atoms with E-state index in [9.17, 15) is 8.78 Å². The van der Waals surface area contributed by atoms with Gasteiger partial charge in [0.25, 0.3) is 0 Å². The first kappa shape index (κ1) is 13.8. The fraction of sp³-hybridized carbons (Fsp3) is 1.00. The van der Waals surface area contributed by atoms with Gasteiger partial charge in [-0.2, -0.15) is 0 Å². The number of methoxy groups -OCH3 is 1. The standard InChI is InChI=1S/C12H23F2NO/c1-9(5-8-16-2)11(15)10-3-6-12(13,14)7-4-10/h9-11H,3-8,15H2,1-2H3. The zero-order chi connectivity index (χ0) is 12.2. The molecule has 0 bridgehead atoms. The van der Waals surface area contributed by atoms with Crippen molar-refractivity contribution in [1.82, 2.24) is 0 Å². The van der Waals surface area contributed by atoms with Gasteiger partial charge in [-0.05, 0) is 31.1 Å². The molecule has 16 heavy (non-hydrogen) atoms. The first-order chi connectivity index (χ1) is 7.46. The molecule has 0 aliphatic heterocycles. The predicted molar refractivity (Wildman–Crippen MR) is 60.5 cm³/mol. The zero-order valence-electron chi connectivity index (χ0n) is 10.2. The third-order valence-corrected chi connectivity index (χ3v) is 3.74. The summed E-state index contributed by atoms with van der Waals surface area (Å²) in [5, 5.41) is 0. The largest absolute Gasteiger partial charge is 0.385 e. The minimum atomic E-state index is -2.45. The van der Waals surface area contributed by atoms with Crippen molar-refractivity contribution in [3.8, 4) is 0 Å². The number of nitrogens with two attached hydrogens (primary N) is 1. The smallest absolute Gasteiger partial charge is 0.248 e. The summed E-state index contributed by atoms with van der Waals surface area (Å²) in [5.41, 5.74) is 6.12. The van der Waals surface area contributed by atoms with Crippen molar-refractivity contribution in [2.24, 2.45) is 17.6 Å². The lowest BCUT2D eigenvalue weighted by molar-refractivity contribution is -0.0503. The number of halogens is 2. The Morgan fingerprint density at radius 2 is 1.94 bits per heavy atom. The molecule has 0 radical (unpaired) electrons. The molecule has 4 heteroatoms. The van der Waals surface area contributed by atoms with Gasteiger partial charge in [-0.3, -0.25) is 0 Å². The quantitative estimate of drug-likeness (QED) is 0.795. The molecule has 0 heterocycles. The summed E-state index contributed by atoms with van der Waals surface area (Å²) in [6.45, 7) is 2.77. The van der Waals surface area contributed by atoms with Crippen LogP contribution in [0.25, 0.3) is 0 Å². The molecule has 2 unspecified atom stereocenters. The van der Waals surface area contributed by atoms with E-state index in [1.807, 2.05) is 0 Å². The highest BCUT2D eigenvalue weighted by atomic mass is 19.3. The highest BCUT2D eigenvalue weighted by Crippen LogP contribution is 2.38. The third-order valence-electron chi connectivity index (χ3n) is 3.74. The molecule has 0 aromatic heterocycles. The van der Waals surface area contributed by atoms with E-state index in [1.165, 1.54) is 0 Å². The van der Waals surface area contributed by atoms with Crippen molar-refractivity contribution in [2.45, 2.75) is 51.0 Å². The van der Waals surface area contributed by atoms with Crippen LogP contribution >= 0.6 is 0 Å². The molecular weight excluding hydrogens is 212 g/mol. The predicted octanol–water partition coefficient (Wildman–Crippen LogP) is 2.81. The van der Waals surface area contributed by atoms with Gasteiger partial charge >= 0.3 is 0 Å². The van der Waals surface area contributed by atoms with Crippen LogP contribution in [0.5, 0.6) is 0 Å². The van der Waals surface area contributed by atoms with Gasteiger partial charge in [-0.15, -0.1) is 0 Å². The highest BCUT2D eigenvalue weighted by molar-refractivity contribution is 4.85. The Bertz CT molecular complexity index is 201. The van der Waals surface area contributed by atoms with Crippen LogP contribution in [0.3, 0.4) is 0 Å². The Morgan fingerprint density at radius 3 is 2.44 bits per heavy atom. The molecule has 0 amide bonds. The van der Waals surface area contributed by atoms with E-state index in [0.29, 0.717) is 25.4 Å². The Labute approximate surface area is 96.5 Å². The molecule has 2 N–H and O–H groups in total. The van der Waals surface area contributed by atoms with Crippen LogP contribution in [0.2, 0.25) is 0 Å². The molecule has 2 nitrogen and oxygen atoms in total. The van der Waals surface area contributed by atoms with Gasteiger partial charge in [0.2, 0.25) is 5.92 Å². The summed E-state index contributed by atoms with van der Waals surface area (Å²) in [6.07, 6.45) is 2.03. The summed E-state index contributed by atoms with van der Waals surface area (Å²) in [4.78, 5) is 0. The summed E-state index contributed by atoms with van der Waals surface area (Å²) in [7, 11) is 1.67. The number of hydrogen-bond donors (Lipinski definition) is 1. The first-order valence-electron chi connectivity index (χ1n) is 6.08. The van der Waals surface area contributed by atoms with E-state index in [4.69, 9.17) is 10.5 Å². The van der Waals surface area contributed by atoms with Crippen molar-refractivity contribution >= 4 is 0 Å². The molecular formula is C12H23F2NO. The van der Waals surface area contributed by atoms with Crippen molar-refractivity contribution in [2.75, 3.05) is 13.7 Å². The van der Waals surface area contributed by atoms with Crippen LogP contribution in [0.15, 0.2) is 0 Å². The Morgan fingerprint density at radius 1 is 1.38 bits per heavy atom. The van der Waals surface area contributed by atoms with Crippen LogP contribution in [0.4, 0.5) is 8.78 Å². The zero-order valence-corrected chi connectivity index (χ0v) is 10.2. The minimum Gasteiger partial charge on any atom is -0.385 e. The molecule has 1 rings (SSSR count). The summed E-state index contributed by atoms with van der Waals surface area (Å²) >= 11 is 0. The summed E-state index contributed by atoms with van der Waals surface area (Å²) in [6, 6.07) is 0.0336. The van der Waals surface area contributed by atoms with Gasteiger partial charge in [0, 0.05) is 32.6 Å². The average molecular weight is 235 g/mol. The average Bonchev–Trinajstić information content (AvgIpc) is 2.25. The second-order valence-corrected chi connectivity index (χ2v) is 5.03. The Hall–Kier alpha value is -0.220. The molecule has 96 valence electrons. The molecule has 1 fully saturated rings.